The minimum atomic E-state index is -1.05. The van der Waals surface area contributed by atoms with Gasteiger partial charge in [0.1, 0.15) is 24.3 Å². The van der Waals surface area contributed by atoms with Gasteiger partial charge >= 0.3 is 12.1 Å². The second kappa shape index (κ2) is 16.0. The molecule has 3 amide bonds. The molecule has 1 aliphatic carbocycles. The summed E-state index contributed by atoms with van der Waals surface area (Å²) < 4.78 is 16.3. The highest BCUT2D eigenvalue weighted by molar-refractivity contribution is 7.13. The normalized spacial score (nSPS) is 17.5. The van der Waals surface area contributed by atoms with Gasteiger partial charge in [-0.2, -0.15) is 0 Å². The molecule has 1 aliphatic heterocycles. The first kappa shape index (κ1) is 36.9. The molecule has 48 heavy (non-hydrogen) atoms. The van der Waals surface area contributed by atoms with Gasteiger partial charge in [0, 0.05) is 17.9 Å². The number of hydrogen-bond acceptors (Lipinski definition) is 9. The molecule has 0 spiro atoms. The molecule has 3 atom stereocenters. The number of rotatable bonds is 12. The van der Waals surface area contributed by atoms with Crippen molar-refractivity contribution in [2.45, 2.75) is 97.4 Å². The van der Waals surface area contributed by atoms with E-state index in [0.29, 0.717) is 25.3 Å². The molecule has 2 fully saturated rings. The molecule has 1 aromatic heterocycles. The van der Waals surface area contributed by atoms with E-state index in [1.54, 1.807) is 37.6 Å². The number of carbonyl (C=O) groups excluding carboxylic acids is 4. The first-order valence-electron chi connectivity index (χ1n) is 16.4. The van der Waals surface area contributed by atoms with Crippen molar-refractivity contribution in [3.63, 3.8) is 0 Å². The highest BCUT2D eigenvalue weighted by atomic mass is 32.1. The van der Waals surface area contributed by atoms with Crippen molar-refractivity contribution in [3.05, 3.63) is 41.0 Å². The summed E-state index contributed by atoms with van der Waals surface area (Å²) >= 11 is 1.54. The predicted octanol–water partition coefficient (Wildman–Crippen LogP) is 5.18. The molecule has 0 radical (unpaired) electrons. The van der Waals surface area contributed by atoms with Gasteiger partial charge < -0.3 is 29.7 Å². The molecule has 2 heterocycles. The van der Waals surface area contributed by atoms with Crippen LogP contribution in [0.25, 0.3) is 10.4 Å². The Labute approximate surface area is 287 Å². The Kier molecular flexibility index (Phi) is 12.3. The number of thiazole rings is 1. The first-order chi connectivity index (χ1) is 22.7. The summed E-state index contributed by atoms with van der Waals surface area (Å²) in [6.07, 6.45) is 2.43. The maximum atomic E-state index is 14.3. The van der Waals surface area contributed by atoms with Gasteiger partial charge in [-0.15, -0.1) is 11.3 Å². The summed E-state index contributed by atoms with van der Waals surface area (Å²) in [5.41, 5.74) is 2.78. The molecule has 0 bridgehead atoms. The van der Waals surface area contributed by atoms with Crippen molar-refractivity contribution in [2.24, 2.45) is 11.3 Å². The lowest BCUT2D eigenvalue weighted by Crippen LogP contribution is -2.59. The third-order valence-corrected chi connectivity index (χ3v) is 9.27. The lowest BCUT2D eigenvalue weighted by atomic mass is 9.84. The van der Waals surface area contributed by atoms with Gasteiger partial charge in [-0.25, -0.2) is 9.78 Å². The maximum absolute atomic E-state index is 14.3. The Morgan fingerprint density at radius 2 is 1.77 bits per heavy atom. The van der Waals surface area contributed by atoms with E-state index in [1.807, 2.05) is 45.0 Å². The van der Waals surface area contributed by atoms with Crippen molar-refractivity contribution < 1.29 is 33.4 Å². The number of aromatic nitrogens is 1. The third-order valence-electron chi connectivity index (χ3n) is 8.30. The lowest BCUT2D eigenvalue weighted by molar-refractivity contribution is -0.144. The highest BCUT2D eigenvalue weighted by Crippen LogP contribution is 2.31. The quantitative estimate of drug-likeness (QED) is 0.178. The van der Waals surface area contributed by atoms with Crippen LogP contribution >= 0.6 is 11.3 Å². The number of hydrogen-bond donors (Lipinski definition) is 2. The molecule has 2 N–H and O–H groups in total. The van der Waals surface area contributed by atoms with Crippen LogP contribution in [-0.2, 0) is 28.6 Å². The molecule has 1 saturated carbocycles. The number of ether oxygens (including phenoxy) is 3. The van der Waals surface area contributed by atoms with Gasteiger partial charge in [0.25, 0.3) is 0 Å². The van der Waals surface area contributed by atoms with Crippen LogP contribution in [0, 0.1) is 30.1 Å². The van der Waals surface area contributed by atoms with Crippen LogP contribution in [0.1, 0.15) is 84.0 Å². The fourth-order valence-electron chi connectivity index (χ4n) is 5.56. The second-order valence-electron chi connectivity index (χ2n) is 14.1. The lowest BCUT2D eigenvalue weighted by Gasteiger charge is -2.37. The summed E-state index contributed by atoms with van der Waals surface area (Å²) in [4.78, 5) is 60.4. The van der Waals surface area contributed by atoms with E-state index in [4.69, 9.17) is 14.2 Å². The Bertz CT molecular complexity index is 1510. The van der Waals surface area contributed by atoms with Crippen molar-refractivity contribution in [1.29, 1.82) is 0 Å². The third kappa shape index (κ3) is 10.3. The number of likely N-dealkylation sites (tertiary alicyclic amines) is 1. The Morgan fingerprint density at radius 3 is 2.38 bits per heavy atom. The zero-order chi connectivity index (χ0) is 35.1. The largest absolute Gasteiger partial charge is 0.469 e. The average Bonchev–Trinajstić information content (AvgIpc) is 3.53. The Hall–Kier alpha value is -3.95. The summed E-state index contributed by atoms with van der Waals surface area (Å²) in [6, 6.07) is 5.08. The van der Waals surface area contributed by atoms with Gasteiger partial charge in [-0.3, -0.25) is 14.4 Å². The zero-order valence-electron chi connectivity index (χ0n) is 29.0. The molecule has 12 heteroatoms. The van der Waals surface area contributed by atoms with Crippen molar-refractivity contribution in [2.75, 3.05) is 26.9 Å². The minimum absolute atomic E-state index is 0.0847. The van der Waals surface area contributed by atoms with Crippen LogP contribution in [0.2, 0.25) is 0 Å². The molecular weight excluding hydrogens is 632 g/mol. The van der Waals surface area contributed by atoms with Gasteiger partial charge in [-0.1, -0.05) is 50.0 Å². The molecule has 0 unspecified atom stereocenters. The first-order valence-corrected chi connectivity index (χ1v) is 17.3. The molecule has 1 saturated heterocycles. The topological polar surface area (TPSA) is 136 Å². The molecule has 2 aliphatic rings. The van der Waals surface area contributed by atoms with Crippen molar-refractivity contribution in [3.8, 4) is 22.3 Å². The number of methoxy groups -OCH3 is 1. The number of esters is 1. The number of carbonyl (C=O) groups is 4. The molecule has 2 aromatic rings. The van der Waals surface area contributed by atoms with E-state index >= 15 is 0 Å². The Morgan fingerprint density at radius 1 is 1.06 bits per heavy atom. The highest BCUT2D eigenvalue weighted by Gasteiger charge is 2.44. The smallest absolute Gasteiger partial charge is 0.408 e. The average molecular weight is 681 g/mol. The fourth-order valence-corrected chi connectivity index (χ4v) is 6.38. The van der Waals surface area contributed by atoms with Crippen LogP contribution in [-0.4, -0.2) is 78.3 Å². The molecular formula is C36H48N4O7S. The molecule has 260 valence electrons. The van der Waals surface area contributed by atoms with Crippen LogP contribution in [0.4, 0.5) is 4.79 Å². The van der Waals surface area contributed by atoms with Gasteiger partial charge in [0.2, 0.25) is 11.8 Å². The number of amides is 3. The fraction of sp³-hybridized carbons (Fsp3) is 0.583. The van der Waals surface area contributed by atoms with Gasteiger partial charge in [0.15, 0.2) is 0 Å². The van der Waals surface area contributed by atoms with E-state index in [0.717, 1.165) is 34.5 Å². The van der Waals surface area contributed by atoms with Crippen molar-refractivity contribution >= 4 is 35.2 Å². The minimum Gasteiger partial charge on any atom is -0.469 e. The summed E-state index contributed by atoms with van der Waals surface area (Å²) in [6.45, 7) is 11.5. The standard InChI is InChI=1S/C36H48N4O7S/c1-23-30(48-22-37-23)26-16-14-25(15-17-26)27(20-29(41)45-7)38-32(42)28-11-8-18-40(28)33(43)31(39-34(44)47-35(2,3)4)36(5,6)21-46-19-9-10-24-12-13-24/h14-17,22,24,27-28,31H,8,11-13,18-21H2,1-7H3,(H,38,42)(H,39,44)/t27-,28-,31-/m0/s1. The summed E-state index contributed by atoms with van der Waals surface area (Å²) in [5.74, 6) is 5.35. The van der Waals surface area contributed by atoms with E-state index in [-0.39, 0.29) is 19.6 Å². The van der Waals surface area contributed by atoms with Gasteiger partial charge in [-0.05, 0) is 64.5 Å². The van der Waals surface area contributed by atoms with Crippen LogP contribution in [0.5, 0.6) is 0 Å². The Balaban J connectivity index is 1.51. The number of benzene rings is 1. The molecule has 4 rings (SSSR count). The number of nitrogens with zero attached hydrogens (tertiary/aromatic N) is 2. The predicted molar refractivity (Wildman–Crippen MR) is 183 cm³/mol. The summed E-state index contributed by atoms with van der Waals surface area (Å²) in [5, 5.41) is 5.78. The van der Waals surface area contributed by atoms with E-state index in [9.17, 15) is 19.2 Å². The van der Waals surface area contributed by atoms with E-state index in [1.165, 1.54) is 12.0 Å². The van der Waals surface area contributed by atoms with Crippen molar-refractivity contribution in [1.82, 2.24) is 20.5 Å². The second-order valence-corrected chi connectivity index (χ2v) is 14.9. The summed E-state index contributed by atoms with van der Waals surface area (Å²) in [7, 11) is 1.30. The van der Waals surface area contributed by atoms with Crippen LogP contribution < -0.4 is 10.6 Å². The molecule has 1 aromatic carbocycles. The zero-order valence-corrected chi connectivity index (χ0v) is 29.8. The monoisotopic (exact) mass is 680 g/mol. The number of nitrogens with one attached hydrogen (secondary N) is 2. The van der Waals surface area contributed by atoms with Crippen LogP contribution in [0.15, 0.2) is 29.8 Å². The van der Waals surface area contributed by atoms with E-state index < -0.39 is 53.0 Å². The van der Waals surface area contributed by atoms with E-state index in [2.05, 4.69) is 27.5 Å². The maximum Gasteiger partial charge on any atom is 0.408 e. The number of alkyl carbamates (subject to hydrolysis) is 1. The number of aryl methyl sites for hydroxylation is 1. The molecule has 11 nitrogen and oxygen atoms in total. The van der Waals surface area contributed by atoms with Gasteiger partial charge in [0.05, 0.1) is 42.3 Å². The van der Waals surface area contributed by atoms with Crippen LogP contribution in [0.3, 0.4) is 0 Å². The SMILES string of the molecule is COC(=O)C[C@H](NC(=O)[C@@H]1CCCN1C(=O)[C@H](NC(=O)OC(C)(C)C)C(C)(C)COCC#CC1CC1)c1ccc(-c2scnc2C)cc1.